The highest BCUT2D eigenvalue weighted by Crippen LogP contribution is 2.21. The first-order valence-corrected chi connectivity index (χ1v) is 9.00. The van der Waals surface area contributed by atoms with Crippen molar-refractivity contribution in [3.63, 3.8) is 0 Å². The summed E-state index contributed by atoms with van der Waals surface area (Å²) in [5.74, 6) is -0.949. The van der Waals surface area contributed by atoms with Crippen LogP contribution in [0.15, 0.2) is 78.9 Å². The predicted molar refractivity (Wildman–Crippen MR) is 107 cm³/mol. The molecule has 3 aromatic carbocycles. The predicted octanol–water partition coefficient (Wildman–Crippen LogP) is 4.63. The van der Waals surface area contributed by atoms with E-state index in [9.17, 15) is 14.0 Å². The van der Waals surface area contributed by atoms with Crippen LogP contribution in [0.5, 0.6) is 0 Å². The van der Waals surface area contributed by atoms with Crippen molar-refractivity contribution in [3.05, 3.63) is 101 Å². The maximum atomic E-state index is 13.7. The Morgan fingerprint density at radius 2 is 1.54 bits per heavy atom. The van der Waals surface area contributed by atoms with Gasteiger partial charge >= 0.3 is 0 Å². The van der Waals surface area contributed by atoms with Crippen molar-refractivity contribution < 1.29 is 14.0 Å². The van der Waals surface area contributed by atoms with Crippen molar-refractivity contribution in [2.45, 2.75) is 19.4 Å². The molecule has 0 aliphatic rings. The van der Waals surface area contributed by atoms with Gasteiger partial charge in [0.25, 0.3) is 5.91 Å². The molecule has 0 aromatic heterocycles. The fourth-order valence-electron chi connectivity index (χ4n) is 2.90. The first-order valence-electron chi connectivity index (χ1n) is 9.00. The molecule has 3 aromatic rings. The van der Waals surface area contributed by atoms with Crippen LogP contribution in [0.4, 0.5) is 10.1 Å². The second-order valence-electron chi connectivity index (χ2n) is 6.47. The average molecular weight is 376 g/mol. The summed E-state index contributed by atoms with van der Waals surface area (Å²) in [6.07, 6.45) is 0.0263. The zero-order valence-corrected chi connectivity index (χ0v) is 15.5. The molecule has 0 radical (unpaired) electrons. The molecule has 0 saturated carbocycles. The lowest BCUT2D eigenvalue weighted by Crippen LogP contribution is -2.31. The molecule has 0 bridgehead atoms. The quantitative estimate of drug-likeness (QED) is 0.659. The molecule has 28 heavy (non-hydrogen) atoms. The van der Waals surface area contributed by atoms with E-state index in [2.05, 4.69) is 10.6 Å². The van der Waals surface area contributed by atoms with E-state index in [1.54, 1.807) is 43.3 Å². The van der Waals surface area contributed by atoms with Gasteiger partial charge in [-0.3, -0.25) is 9.59 Å². The van der Waals surface area contributed by atoms with E-state index in [1.807, 2.05) is 36.4 Å². The molecule has 1 atom stereocenters. The minimum absolute atomic E-state index is 0.0263. The van der Waals surface area contributed by atoms with Crippen molar-refractivity contribution in [1.82, 2.24) is 5.32 Å². The fraction of sp³-hybridized carbons (Fsp3) is 0.130. The maximum absolute atomic E-state index is 13.7. The molecule has 0 fully saturated rings. The average Bonchev–Trinajstić information content (AvgIpc) is 2.72. The van der Waals surface area contributed by atoms with E-state index in [0.29, 0.717) is 16.8 Å². The van der Waals surface area contributed by atoms with Crippen LogP contribution in [0.2, 0.25) is 0 Å². The fourth-order valence-corrected chi connectivity index (χ4v) is 2.90. The summed E-state index contributed by atoms with van der Waals surface area (Å²) >= 11 is 0. The van der Waals surface area contributed by atoms with E-state index in [1.165, 1.54) is 6.07 Å². The molecule has 0 unspecified atom stereocenters. The number of anilines is 1. The van der Waals surface area contributed by atoms with Gasteiger partial charge in [-0.2, -0.15) is 0 Å². The number of benzene rings is 3. The van der Waals surface area contributed by atoms with Crippen LogP contribution >= 0.6 is 0 Å². The summed E-state index contributed by atoms with van der Waals surface area (Å²) in [7, 11) is 0. The SMILES string of the molecule is Cc1c(F)cccc1NC(=O)C[C@@H](NC(=O)c1ccccc1)c1ccccc1. The Balaban J connectivity index is 1.76. The number of carbonyl (C=O) groups excluding carboxylic acids is 2. The Morgan fingerprint density at radius 1 is 0.893 bits per heavy atom. The summed E-state index contributed by atoms with van der Waals surface area (Å²) in [6.45, 7) is 1.61. The molecule has 0 saturated heterocycles. The number of hydrogen-bond donors (Lipinski definition) is 2. The van der Waals surface area contributed by atoms with Crippen LogP contribution in [0.1, 0.15) is 33.9 Å². The third-order valence-corrected chi connectivity index (χ3v) is 4.47. The van der Waals surface area contributed by atoms with Gasteiger partial charge in [0.05, 0.1) is 12.5 Å². The second-order valence-corrected chi connectivity index (χ2v) is 6.47. The van der Waals surface area contributed by atoms with Crippen LogP contribution in [-0.4, -0.2) is 11.8 Å². The van der Waals surface area contributed by atoms with Gasteiger partial charge in [0.1, 0.15) is 5.82 Å². The molecule has 2 amide bonds. The van der Waals surface area contributed by atoms with Crippen molar-refractivity contribution >= 4 is 17.5 Å². The van der Waals surface area contributed by atoms with Gasteiger partial charge in [-0.25, -0.2) is 4.39 Å². The topological polar surface area (TPSA) is 58.2 Å². The molecule has 5 heteroatoms. The second kappa shape index (κ2) is 8.95. The Morgan fingerprint density at radius 3 is 2.21 bits per heavy atom. The zero-order valence-electron chi connectivity index (χ0n) is 15.5. The Hall–Kier alpha value is -3.47. The summed E-state index contributed by atoms with van der Waals surface area (Å²) in [6, 6.07) is 22.2. The smallest absolute Gasteiger partial charge is 0.251 e. The number of nitrogens with one attached hydrogen (secondary N) is 2. The minimum atomic E-state index is -0.511. The van der Waals surface area contributed by atoms with Crippen molar-refractivity contribution in [3.8, 4) is 0 Å². The minimum Gasteiger partial charge on any atom is -0.345 e. The Labute approximate surface area is 163 Å². The van der Waals surface area contributed by atoms with Gasteiger partial charge < -0.3 is 10.6 Å². The summed E-state index contributed by atoms with van der Waals surface area (Å²) in [4.78, 5) is 25.2. The van der Waals surface area contributed by atoms with E-state index >= 15 is 0 Å². The monoisotopic (exact) mass is 376 g/mol. The lowest BCUT2D eigenvalue weighted by Gasteiger charge is -2.19. The molecule has 2 N–H and O–H groups in total. The van der Waals surface area contributed by atoms with Gasteiger partial charge in [0.2, 0.25) is 5.91 Å². The normalized spacial score (nSPS) is 11.5. The van der Waals surface area contributed by atoms with E-state index in [4.69, 9.17) is 0 Å². The summed E-state index contributed by atoms with van der Waals surface area (Å²) in [5, 5.41) is 5.65. The van der Waals surface area contributed by atoms with Crippen LogP contribution < -0.4 is 10.6 Å². The van der Waals surface area contributed by atoms with Gasteiger partial charge in [-0.1, -0.05) is 54.6 Å². The molecule has 0 aliphatic heterocycles. The molecule has 0 heterocycles. The van der Waals surface area contributed by atoms with E-state index in [-0.39, 0.29) is 24.1 Å². The Kier molecular flexibility index (Phi) is 6.17. The molecular formula is C23H21FN2O2. The standard InChI is InChI=1S/C23H21FN2O2/c1-16-19(24)13-8-14-20(16)25-22(27)15-21(17-9-4-2-5-10-17)26-23(28)18-11-6-3-7-12-18/h2-14,21H,15H2,1H3,(H,25,27)(H,26,28)/t21-/m1/s1. The first-order chi connectivity index (χ1) is 13.5. The highest BCUT2D eigenvalue weighted by molar-refractivity contribution is 5.96. The van der Waals surface area contributed by atoms with Crippen molar-refractivity contribution in [1.29, 1.82) is 0 Å². The molecular weight excluding hydrogens is 355 g/mol. The van der Waals surface area contributed by atoms with Crippen LogP contribution in [0.3, 0.4) is 0 Å². The highest BCUT2D eigenvalue weighted by atomic mass is 19.1. The number of rotatable bonds is 6. The number of halogens is 1. The summed E-state index contributed by atoms with van der Waals surface area (Å²) in [5.41, 5.74) is 2.13. The third kappa shape index (κ3) is 4.82. The van der Waals surface area contributed by atoms with Gasteiger partial charge in [0, 0.05) is 16.8 Å². The van der Waals surface area contributed by atoms with Crippen LogP contribution in [-0.2, 0) is 4.79 Å². The number of hydrogen-bond acceptors (Lipinski definition) is 2. The van der Waals surface area contributed by atoms with Gasteiger partial charge in [0.15, 0.2) is 0 Å². The first kappa shape index (κ1) is 19.3. The summed E-state index contributed by atoms with van der Waals surface area (Å²) < 4.78 is 13.7. The maximum Gasteiger partial charge on any atom is 0.251 e. The molecule has 142 valence electrons. The van der Waals surface area contributed by atoms with Crippen molar-refractivity contribution in [2.75, 3.05) is 5.32 Å². The zero-order chi connectivity index (χ0) is 19.9. The molecule has 0 aliphatic carbocycles. The lowest BCUT2D eigenvalue weighted by molar-refractivity contribution is -0.116. The Bertz CT molecular complexity index is 959. The third-order valence-electron chi connectivity index (χ3n) is 4.47. The largest absolute Gasteiger partial charge is 0.345 e. The number of carbonyl (C=O) groups is 2. The van der Waals surface area contributed by atoms with Crippen LogP contribution in [0, 0.1) is 12.7 Å². The number of amides is 2. The van der Waals surface area contributed by atoms with Gasteiger partial charge in [-0.15, -0.1) is 0 Å². The van der Waals surface area contributed by atoms with Crippen molar-refractivity contribution in [2.24, 2.45) is 0 Å². The lowest BCUT2D eigenvalue weighted by atomic mass is 10.0. The van der Waals surface area contributed by atoms with E-state index in [0.717, 1.165) is 5.56 Å². The van der Waals surface area contributed by atoms with Crippen LogP contribution in [0.25, 0.3) is 0 Å². The van der Waals surface area contributed by atoms with E-state index < -0.39 is 6.04 Å². The molecule has 0 spiro atoms. The highest BCUT2D eigenvalue weighted by Gasteiger charge is 2.20. The molecule has 4 nitrogen and oxygen atoms in total. The molecule has 3 rings (SSSR count). The van der Waals surface area contributed by atoms with Gasteiger partial charge in [-0.05, 0) is 36.8 Å².